The molecular formula is C14H15N3OS2. The Kier molecular flexibility index (Phi) is 3.95. The molecule has 3 aromatic rings. The second kappa shape index (κ2) is 5.87. The third-order valence-corrected chi connectivity index (χ3v) is 4.73. The van der Waals surface area contributed by atoms with Crippen LogP contribution in [0.3, 0.4) is 0 Å². The average Bonchev–Trinajstić information content (AvgIpc) is 3.03. The molecule has 0 atom stereocenters. The molecule has 3 rings (SSSR count). The van der Waals surface area contributed by atoms with Crippen molar-refractivity contribution in [3.05, 3.63) is 41.5 Å². The van der Waals surface area contributed by atoms with Crippen molar-refractivity contribution in [1.82, 2.24) is 14.7 Å². The van der Waals surface area contributed by atoms with Crippen LogP contribution in [0.1, 0.15) is 5.69 Å². The van der Waals surface area contributed by atoms with Crippen molar-refractivity contribution in [1.29, 1.82) is 0 Å². The summed E-state index contributed by atoms with van der Waals surface area (Å²) in [6.07, 6.45) is 2.07. The smallest absolute Gasteiger partial charge is 0.194 e. The molecule has 20 heavy (non-hydrogen) atoms. The molecule has 4 nitrogen and oxygen atoms in total. The van der Waals surface area contributed by atoms with E-state index in [-0.39, 0.29) is 0 Å². The first-order valence-electron chi connectivity index (χ1n) is 6.22. The van der Waals surface area contributed by atoms with Gasteiger partial charge in [0.15, 0.2) is 4.96 Å². The number of nitrogens with one attached hydrogen (secondary N) is 1. The van der Waals surface area contributed by atoms with Gasteiger partial charge in [-0.25, -0.2) is 4.98 Å². The molecule has 0 saturated carbocycles. The first-order valence-corrected chi connectivity index (χ1v) is 7.92. The predicted octanol–water partition coefficient (Wildman–Crippen LogP) is 3.28. The van der Waals surface area contributed by atoms with Gasteiger partial charge >= 0.3 is 0 Å². The van der Waals surface area contributed by atoms with Gasteiger partial charge in [-0.15, -0.1) is 11.3 Å². The van der Waals surface area contributed by atoms with Gasteiger partial charge in [-0.05, 0) is 31.3 Å². The molecule has 0 bridgehead atoms. The van der Waals surface area contributed by atoms with E-state index in [1.54, 1.807) is 30.2 Å². The molecule has 0 radical (unpaired) electrons. The standard InChI is InChI=1S/C14H15N3OS2/c1-15-9-12-13(16-14-17(12)7-8-19-14)20-11-5-3-10(18-2)4-6-11/h3-8,15H,9H2,1-2H3. The highest BCUT2D eigenvalue weighted by molar-refractivity contribution is 7.99. The number of aromatic nitrogens is 2. The maximum atomic E-state index is 5.18. The van der Waals surface area contributed by atoms with Gasteiger partial charge < -0.3 is 10.1 Å². The van der Waals surface area contributed by atoms with E-state index in [1.165, 1.54) is 5.69 Å². The largest absolute Gasteiger partial charge is 0.497 e. The Hall–Kier alpha value is -1.50. The minimum absolute atomic E-state index is 0.802. The summed E-state index contributed by atoms with van der Waals surface area (Å²) in [5.41, 5.74) is 1.20. The zero-order valence-electron chi connectivity index (χ0n) is 11.3. The van der Waals surface area contributed by atoms with E-state index in [0.717, 1.165) is 27.2 Å². The van der Waals surface area contributed by atoms with Crippen LogP contribution in [0.15, 0.2) is 45.8 Å². The highest BCUT2D eigenvalue weighted by Gasteiger charge is 2.13. The summed E-state index contributed by atoms with van der Waals surface area (Å²) >= 11 is 3.34. The lowest BCUT2D eigenvalue weighted by molar-refractivity contribution is 0.414. The number of hydrogen-bond acceptors (Lipinski definition) is 5. The van der Waals surface area contributed by atoms with Crippen molar-refractivity contribution in [3.63, 3.8) is 0 Å². The van der Waals surface area contributed by atoms with Gasteiger partial charge in [0, 0.05) is 23.0 Å². The van der Waals surface area contributed by atoms with Crippen LogP contribution in [-0.4, -0.2) is 23.5 Å². The molecule has 0 unspecified atom stereocenters. The number of methoxy groups -OCH3 is 1. The quantitative estimate of drug-likeness (QED) is 0.785. The van der Waals surface area contributed by atoms with Crippen molar-refractivity contribution in [2.45, 2.75) is 16.5 Å². The normalized spacial score (nSPS) is 11.1. The number of imidazole rings is 1. The van der Waals surface area contributed by atoms with Crippen LogP contribution in [0.2, 0.25) is 0 Å². The van der Waals surface area contributed by atoms with Crippen LogP contribution in [0.4, 0.5) is 0 Å². The number of thiazole rings is 1. The summed E-state index contributed by atoms with van der Waals surface area (Å²) in [5, 5.41) is 6.32. The number of benzene rings is 1. The first kappa shape index (κ1) is 13.5. The highest BCUT2D eigenvalue weighted by atomic mass is 32.2. The van der Waals surface area contributed by atoms with Crippen LogP contribution in [0.5, 0.6) is 5.75 Å². The highest BCUT2D eigenvalue weighted by Crippen LogP contribution is 2.32. The van der Waals surface area contributed by atoms with E-state index < -0.39 is 0 Å². The molecule has 0 aliphatic heterocycles. The Morgan fingerprint density at radius 3 is 2.85 bits per heavy atom. The molecule has 104 valence electrons. The average molecular weight is 305 g/mol. The van der Waals surface area contributed by atoms with Crippen LogP contribution >= 0.6 is 23.1 Å². The molecule has 0 aliphatic carbocycles. The molecule has 0 spiro atoms. The summed E-state index contributed by atoms with van der Waals surface area (Å²) in [6, 6.07) is 8.05. The van der Waals surface area contributed by atoms with Crippen molar-refractivity contribution in [3.8, 4) is 5.75 Å². The Morgan fingerprint density at radius 1 is 1.35 bits per heavy atom. The van der Waals surface area contributed by atoms with Gasteiger partial charge in [0.1, 0.15) is 10.8 Å². The molecule has 6 heteroatoms. The Morgan fingerprint density at radius 2 is 2.15 bits per heavy atom. The fraction of sp³-hybridized carbons (Fsp3) is 0.214. The molecule has 0 amide bonds. The van der Waals surface area contributed by atoms with Gasteiger partial charge in [-0.1, -0.05) is 11.8 Å². The van der Waals surface area contributed by atoms with Gasteiger partial charge in [-0.3, -0.25) is 4.40 Å². The predicted molar refractivity (Wildman–Crippen MR) is 82.9 cm³/mol. The summed E-state index contributed by atoms with van der Waals surface area (Å²) in [5.74, 6) is 0.871. The lowest BCUT2D eigenvalue weighted by Crippen LogP contribution is -2.07. The Labute approximate surface area is 125 Å². The van der Waals surface area contributed by atoms with Crippen LogP contribution in [0.25, 0.3) is 4.96 Å². The number of fused-ring (bicyclic) bond motifs is 1. The van der Waals surface area contributed by atoms with Crippen molar-refractivity contribution < 1.29 is 4.74 Å². The van der Waals surface area contributed by atoms with E-state index in [4.69, 9.17) is 9.72 Å². The fourth-order valence-electron chi connectivity index (χ4n) is 1.98. The maximum Gasteiger partial charge on any atom is 0.194 e. The lowest BCUT2D eigenvalue weighted by Gasteiger charge is -2.04. The Bertz CT molecular complexity index is 703. The molecular weight excluding hydrogens is 290 g/mol. The van der Waals surface area contributed by atoms with Crippen LogP contribution in [0, 0.1) is 0 Å². The molecule has 2 heterocycles. The minimum Gasteiger partial charge on any atom is -0.497 e. The topological polar surface area (TPSA) is 38.6 Å². The molecule has 1 aromatic carbocycles. The van der Waals surface area contributed by atoms with Crippen molar-refractivity contribution >= 4 is 28.1 Å². The maximum absolute atomic E-state index is 5.18. The van der Waals surface area contributed by atoms with E-state index >= 15 is 0 Å². The fourth-order valence-corrected chi connectivity index (χ4v) is 3.68. The van der Waals surface area contributed by atoms with Crippen LogP contribution < -0.4 is 10.1 Å². The third kappa shape index (κ3) is 2.54. The monoisotopic (exact) mass is 305 g/mol. The van der Waals surface area contributed by atoms with E-state index in [2.05, 4.69) is 33.4 Å². The summed E-state index contributed by atoms with van der Waals surface area (Å²) < 4.78 is 7.33. The second-order valence-electron chi connectivity index (χ2n) is 4.23. The Balaban J connectivity index is 1.92. The number of hydrogen-bond donors (Lipinski definition) is 1. The van der Waals surface area contributed by atoms with E-state index in [1.807, 2.05) is 19.2 Å². The summed E-state index contributed by atoms with van der Waals surface area (Å²) in [7, 11) is 3.63. The van der Waals surface area contributed by atoms with Crippen molar-refractivity contribution in [2.75, 3.05) is 14.2 Å². The zero-order valence-corrected chi connectivity index (χ0v) is 12.9. The second-order valence-corrected chi connectivity index (χ2v) is 6.16. The zero-order chi connectivity index (χ0) is 13.9. The SMILES string of the molecule is CNCc1c(Sc2ccc(OC)cc2)nc2sccn12. The van der Waals surface area contributed by atoms with Gasteiger partial charge in [-0.2, -0.15) is 0 Å². The molecule has 0 fully saturated rings. The number of ether oxygens (including phenoxy) is 1. The van der Waals surface area contributed by atoms with Gasteiger partial charge in [0.25, 0.3) is 0 Å². The number of rotatable bonds is 5. The molecule has 0 aliphatic rings. The molecule has 2 aromatic heterocycles. The van der Waals surface area contributed by atoms with Crippen LogP contribution in [-0.2, 0) is 6.54 Å². The van der Waals surface area contributed by atoms with Gasteiger partial charge in [0.05, 0.1) is 12.8 Å². The third-order valence-electron chi connectivity index (χ3n) is 2.94. The molecule has 1 N–H and O–H groups in total. The summed E-state index contributed by atoms with van der Waals surface area (Å²) in [6.45, 7) is 0.802. The first-order chi connectivity index (χ1) is 9.81. The number of nitrogens with zero attached hydrogens (tertiary/aromatic N) is 2. The molecule has 0 saturated heterocycles. The van der Waals surface area contributed by atoms with Crippen molar-refractivity contribution in [2.24, 2.45) is 0 Å². The summed E-state index contributed by atoms with van der Waals surface area (Å²) in [4.78, 5) is 6.90. The van der Waals surface area contributed by atoms with E-state index in [0.29, 0.717) is 0 Å². The minimum atomic E-state index is 0.802. The van der Waals surface area contributed by atoms with E-state index in [9.17, 15) is 0 Å². The lowest BCUT2D eigenvalue weighted by atomic mass is 10.3. The van der Waals surface area contributed by atoms with Gasteiger partial charge in [0.2, 0.25) is 0 Å².